The Hall–Kier alpha value is 0.370. The second-order valence-corrected chi connectivity index (χ2v) is 10.8. The van der Waals surface area contributed by atoms with Crippen molar-refractivity contribution in [2.24, 2.45) is 4.76 Å². The van der Waals surface area contributed by atoms with Crippen molar-refractivity contribution in [2.45, 2.75) is 3.79 Å². The third-order valence-electron chi connectivity index (χ3n) is 4.50. The summed E-state index contributed by atoms with van der Waals surface area (Å²) in [5.74, 6) is 0.215. The van der Waals surface area contributed by atoms with E-state index in [0.717, 1.165) is 0 Å². The van der Waals surface area contributed by atoms with Crippen LogP contribution in [0.3, 0.4) is 0 Å². The zero-order chi connectivity index (χ0) is 18.6. The van der Waals surface area contributed by atoms with E-state index in [9.17, 15) is 4.57 Å². The van der Waals surface area contributed by atoms with Gasteiger partial charge >= 0.3 is 7.59 Å². The van der Waals surface area contributed by atoms with Crippen LogP contribution in [0.1, 0.15) is 0 Å². The lowest BCUT2D eigenvalue weighted by Crippen LogP contribution is -2.48. The van der Waals surface area contributed by atoms with Gasteiger partial charge in [-0.25, -0.2) is 9.34 Å². The molecule has 8 nitrogen and oxygen atoms in total. The highest BCUT2D eigenvalue weighted by molar-refractivity contribution is 7.58. The number of nitrogens with zero attached hydrogens (tertiary/aromatic N) is 4. The zero-order valence-corrected chi connectivity index (χ0v) is 17.7. The van der Waals surface area contributed by atoms with Gasteiger partial charge in [-0.3, -0.25) is 4.57 Å². The van der Waals surface area contributed by atoms with Gasteiger partial charge in [0, 0.05) is 39.3 Å². The predicted molar refractivity (Wildman–Crippen MR) is 103 cm³/mol. The Balaban J connectivity index is 1.96. The fourth-order valence-corrected chi connectivity index (χ4v) is 6.30. The highest BCUT2D eigenvalue weighted by Gasteiger charge is 2.43. The van der Waals surface area contributed by atoms with E-state index in [-0.39, 0.29) is 5.84 Å². The molecule has 0 saturated carbocycles. The lowest BCUT2D eigenvalue weighted by atomic mass is 10.4. The van der Waals surface area contributed by atoms with Gasteiger partial charge in [0.05, 0.1) is 39.6 Å². The molecule has 0 aromatic carbocycles. The molecular formula is C14H24Cl3N4O4P. The van der Waals surface area contributed by atoms with Gasteiger partial charge < -0.3 is 19.1 Å². The van der Waals surface area contributed by atoms with Crippen LogP contribution in [0.2, 0.25) is 0 Å². The molecule has 0 radical (unpaired) electrons. The smallest absolute Gasteiger partial charge is 0.331 e. The number of ether oxygens (including phenoxy) is 3. The van der Waals surface area contributed by atoms with Gasteiger partial charge in [-0.05, 0) is 0 Å². The number of rotatable bonds is 3. The number of amidine groups is 1. The van der Waals surface area contributed by atoms with Gasteiger partial charge in [-0.15, -0.1) is 0 Å². The Labute approximate surface area is 168 Å². The van der Waals surface area contributed by atoms with Crippen LogP contribution in [0.15, 0.2) is 4.76 Å². The number of hydrogen-bond donors (Lipinski definition) is 0. The van der Waals surface area contributed by atoms with Crippen molar-refractivity contribution in [1.29, 1.82) is 0 Å². The van der Waals surface area contributed by atoms with E-state index in [1.807, 2.05) is 14.2 Å². The van der Waals surface area contributed by atoms with Crippen molar-refractivity contribution in [1.82, 2.24) is 14.2 Å². The lowest BCUT2D eigenvalue weighted by molar-refractivity contribution is 0.0521. The fraction of sp³-hybridized carbons (Fsp3) is 0.929. The highest BCUT2D eigenvalue weighted by atomic mass is 35.6. The van der Waals surface area contributed by atoms with Crippen molar-refractivity contribution in [3.05, 3.63) is 0 Å². The van der Waals surface area contributed by atoms with E-state index < -0.39 is 11.4 Å². The maximum absolute atomic E-state index is 14.1. The number of morpholine rings is 3. The molecule has 3 fully saturated rings. The van der Waals surface area contributed by atoms with Gasteiger partial charge in [-0.2, -0.15) is 4.76 Å². The van der Waals surface area contributed by atoms with Crippen LogP contribution in [0.25, 0.3) is 0 Å². The third kappa shape index (κ3) is 5.04. The molecule has 3 aliphatic rings. The Morgan fingerprint density at radius 1 is 0.769 bits per heavy atom. The largest absolute Gasteiger partial charge is 0.379 e. The molecule has 0 unspecified atom stereocenters. The summed E-state index contributed by atoms with van der Waals surface area (Å²) in [5, 5.41) is 0. The Morgan fingerprint density at radius 3 is 1.54 bits per heavy atom. The summed E-state index contributed by atoms with van der Waals surface area (Å²) in [7, 11) is -3.33. The molecule has 12 heteroatoms. The van der Waals surface area contributed by atoms with E-state index >= 15 is 0 Å². The topological polar surface area (TPSA) is 66.8 Å². The Morgan fingerprint density at radius 2 is 1.15 bits per heavy atom. The average molecular weight is 450 g/mol. The van der Waals surface area contributed by atoms with Crippen LogP contribution in [0.5, 0.6) is 0 Å². The first-order valence-electron chi connectivity index (χ1n) is 8.68. The van der Waals surface area contributed by atoms with Crippen molar-refractivity contribution >= 4 is 48.2 Å². The van der Waals surface area contributed by atoms with Crippen LogP contribution in [-0.2, 0) is 18.8 Å². The molecule has 0 atom stereocenters. The summed E-state index contributed by atoms with van der Waals surface area (Å²) in [6.07, 6.45) is 0. The Bertz CT molecular complexity index is 523. The fourth-order valence-electron chi connectivity index (χ4n) is 3.13. The lowest BCUT2D eigenvalue weighted by Gasteiger charge is -2.41. The maximum atomic E-state index is 14.1. The second kappa shape index (κ2) is 9.25. The first-order chi connectivity index (χ1) is 12.4. The maximum Gasteiger partial charge on any atom is 0.331 e. The van der Waals surface area contributed by atoms with Gasteiger partial charge in [0.1, 0.15) is 0 Å². The van der Waals surface area contributed by atoms with Gasteiger partial charge in [0.25, 0.3) is 0 Å². The average Bonchev–Trinajstić information content (AvgIpc) is 2.67. The molecular weight excluding hydrogens is 426 g/mol. The molecule has 0 aliphatic carbocycles. The van der Waals surface area contributed by atoms with Crippen LogP contribution < -0.4 is 0 Å². The Kier molecular flexibility index (Phi) is 7.50. The minimum absolute atomic E-state index is 0.215. The van der Waals surface area contributed by atoms with Crippen molar-refractivity contribution in [3.63, 3.8) is 0 Å². The molecule has 0 aromatic rings. The molecule has 0 amide bonds. The monoisotopic (exact) mass is 448 g/mol. The molecule has 0 spiro atoms. The minimum Gasteiger partial charge on any atom is -0.379 e. The molecule has 0 bridgehead atoms. The predicted octanol–water partition coefficient (Wildman–Crippen LogP) is 1.86. The van der Waals surface area contributed by atoms with Gasteiger partial charge in [-0.1, -0.05) is 34.8 Å². The SMILES string of the molecule is O=P(/N=C(/N1CCOCC1)C(Cl)(Cl)Cl)(N1CCOCC1)N1CCOCC1. The molecule has 26 heavy (non-hydrogen) atoms. The standard InChI is InChI=1S/C14H24Cl3N4O4P/c15-14(16,17)13(19-1-7-23-8-2-19)18-26(22,20-3-9-24-10-4-20)21-5-11-25-12-6-21/h1-12H2/b18-13+. The van der Waals surface area contributed by atoms with E-state index in [4.69, 9.17) is 49.0 Å². The quantitative estimate of drug-likeness (QED) is 0.282. The summed E-state index contributed by atoms with van der Waals surface area (Å²) in [5.41, 5.74) is 0. The van der Waals surface area contributed by atoms with E-state index in [1.54, 1.807) is 0 Å². The number of alkyl halides is 3. The molecule has 0 N–H and O–H groups in total. The van der Waals surface area contributed by atoms with Crippen LogP contribution in [0, 0.1) is 0 Å². The summed E-state index contributed by atoms with van der Waals surface area (Å²) in [6, 6.07) is 0. The number of halogens is 3. The van der Waals surface area contributed by atoms with E-state index in [0.29, 0.717) is 78.9 Å². The number of hydrogen-bond acceptors (Lipinski definition) is 4. The first-order valence-corrected chi connectivity index (χ1v) is 11.4. The summed E-state index contributed by atoms with van der Waals surface area (Å²) >= 11 is 18.7. The summed E-state index contributed by atoms with van der Waals surface area (Å²) in [4.78, 5) is 1.85. The molecule has 3 rings (SSSR count). The van der Waals surface area contributed by atoms with Crippen molar-refractivity contribution in [2.75, 3.05) is 78.9 Å². The zero-order valence-electron chi connectivity index (χ0n) is 14.5. The van der Waals surface area contributed by atoms with Gasteiger partial charge in [0.2, 0.25) is 3.79 Å². The summed E-state index contributed by atoms with van der Waals surface area (Å²) in [6.45, 7) is 6.21. The normalized spacial score (nSPS) is 25.5. The molecule has 3 heterocycles. The molecule has 0 aromatic heterocycles. The molecule has 3 aliphatic heterocycles. The van der Waals surface area contributed by atoms with Crippen LogP contribution >= 0.6 is 42.4 Å². The first kappa shape index (κ1) is 21.1. The van der Waals surface area contributed by atoms with Crippen LogP contribution in [-0.4, -0.2) is 103 Å². The molecule has 3 saturated heterocycles. The minimum atomic E-state index is -3.33. The molecule has 150 valence electrons. The third-order valence-corrected chi connectivity index (χ3v) is 7.73. The highest BCUT2D eigenvalue weighted by Crippen LogP contribution is 2.56. The van der Waals surface area contributed by atoms with E-state index in [2.05, 4.69) is 4.76 Å². The summed E-state index contributed by atoms with van der Waals surface area (Å²) < 4.78 is 36.9. The van der Waals surface area contributed by atoms with E-state index in [1.165, 1.54) is 0 Å². The van der Waals surface area contributed by atoms with Crippen molar-refractivity contribution in [3.8, 4) is 0 Å². The van der Waals surface area contributed by atoms with Crippen LogP contribution in [0.4, 0.5) is 0 Å². The second-order valence-electron chi connectivity index (χ2n) is 6.17. The van der Waals surface area contributed by atoms with Crippen molar-refractivity contribution < 1.29 is 18.8 Å². The van der Waals surface area contributed by atoms with Gasteiger partial charge in [0.15, 0.2) is 5.84 Å².